The first-order valence-corrected chi connectivity index (χ1v) is 35.2. The van der Waals surface area contributed by atoms with E-state index >= 15 is 0 Å². The molecule has 0 N–H and O–H groups in total. The van der Waals surface area contributed by atoms with Gasteiger partial charge in [0.2, 0.25) is 0 Å². The summed E-state index contributed by atoms with van der Waals surface area (Å²) in [6, 6.07) is 42.7. The van der Waals surface area contributed by atoms with Crippen molar-refractivity contribution < 1.29 is 15.6 Å². The van der Waals surface area contributed by atoms with Crippen LogP contribution in [0, 0.1) is 12.8 Å². The van der Waals surface area contributed by atoms with Gasteiger partial charge in [-0.05, 0) is 0 Å². The monoisotopic (exact) mass is 797 g/mol. The summed E-state index contributed by atoms with van der Waals surface area (Å²) in [6.45, 7) is 9.61. The molecule has 0 spiro atoms. The van der Waals surface area contributed by atoms with Gasteiger partial charge in [-0.2, -0.15) is 0 Å². The van der Waals surface area contributed by atoms with Crippen molar-refractivity contribution in [3.8, 4) is 22.3 Å². The van der Waals surface area contributed by atoms with Crippen molar-refractivity contribution >= 4 is 56.6 Å². The molecule has 0 radical (unpaired) electrons. The fraction of sp³-hybridized carbons (Fsp3) is 0.234. The van der Waals surface area contributed by atoms with Gasteiger partial charge in [0.1, 0.15) is 0 Å². The third kappa shape index (κ3) is 5.07. The van der Waals surface area contributed by atoms with Crippen molar-refractivity contribution in [3.05, 3.63) is 154 Å². The molecule has 2 unspecified atom stereocenters. The van der Waals surface area contributed by atoms with Crippen molar-refractivity contribution in [2.75, 3.05) is 0 Å². The van der Waals surface area contributed by atoms with E-state index in [0.717, 1.165) is 0 Å². The van der Waals surface area contributed by atoms with Gasteiger partial charge in [0.25, 0.3) is 0 Å². The van der Waals surface area contributed by atoms with Crippen molar-refractivity contribution in [2.45, 2.75) is 59.9 Å². The predicted octanol–water partition coefficient (Wildman–Crippen LogP) is 14.4. The Labute approximate surface area is 312 Å². The summed E-state index contributed by atoms with van der Waals surface area (Å²) in [6.07, 6.45) is 10.1. The van der Waals surface area contributed by atoms with Crippen molar-refractivity contribution in [2.24, 2.45) is 5.92 Å². The Morgan fingerprint density at radius 1 is 0.569 bits per heavy atom. The number of benzene rings is 6. The Kier molecular flexibility index (Phi) is 8.32. The van der Waals surface area contributed by atoms with Gasteiger partial charge < -0.3 is 0 Å². The summed E-state index contributed by atoms with van der Waals surface area (Å²) < 4.78 is 0.183. The maximum atomic E-state index is 8.88. The first-order chi connectivity index (χ1) is 24.7. The SMILES string of the molecule is CC1=Cc2c(-c3cccc4ccccc34)ccc(C)c2[CH]1[Zr]([Cl])([Cl])([CH]1C(C2CCCC2)=Cc2c(-c3cccc4ccccc34)cccc21)[SiH](C)C. The molecule has 0 bridgehead atoms. The van der Waals surface area contributed by atoms with E-state index in [4.69, 9.17) is 17.0 Å². The summed E-state index contributed by atoms with van der Waals surface area (Å²) in [5.41, 5.74) is 14.9. The van der Waals surface area contributed by atoms with Gasteiger partial charge in [0.05, 0.1) is 0 Å². The van der Waals surface area contributed by atoms with Crippen LogP contribution in [-0.4, -0.2) is 5.92 Å². The quantitative estimate of drug-likeness (QED) is 0.147. The summed E-state index contributed by atoms with van der Waals surface area (Å²) >= 11 is -4.94. The van der Waals surface area contributed by atoms with E-state index in [1.165, 1.54) is 103 Å². The second-order valence-electron chi connectivity index (χ2n) is 15.9. The number of aryl methyl sites for hydroxylation is 1. The Bertz CT molecular complexity index is 2440. The molecule has 0 saturated heterocycles. The molecule has 4 heteroatoms. The topological polar surface area (TPSA) is 0 Å². The van der Waals surface area contributed by atoms with Crippen molar-refractivity contribution in [1.82, 2.24) is 0 Å². The van der Waals surface area contributed by atoms with Gasteiger partial charge in [-0.3, -0.25) is 0 Å². The molecule has 51 heavy (non-hydrogen) atoms. The molecule has 2 atom stereocenters. The van der Waals surface area contributed by atoms with Gasteiger partial charge in [-0.1, -0.05) is 0 Å². The molecule has 0 amide bonds. The summed E-state index contributed by atoms with van der Waals surface area (Å²) in [4.78, 5) is 0. The molecule has 0 nitrogen and oxygen atoms in total. The van der Waals surface area contributed by atoms with Gasteiger partial charge in [-0.15, -0.1) is 0 Å². The zero-order valence-corrected chi connectivity index (χ0v) is 35.1. The van der Waals surface area contributed by atoms with Gasteiger partial charge in [0, 0.05) is 0 Å². The van der Waals surface area contributed by atoms with E-state index in [1.54, 1.807) is 5.57 Å². The van der Waals surface area contributed by atoms with Gasteiger partial charge in [0.15, 0.2) is 0 Å². The molecule has 9 rings (SSSR count). The Morgan fingerprint density at radius 3 is 1.75 bits per heavy atom. The molecule has 6 aromatic rings. The molecule has 0 aromatic heterocycles. The zero-order valence-electron chi connectivity index (χ0n) is 30.0. The Balaban J connectivity index is 1.28. The van der Waals surface area contributed by atoms with Crippen molar-refractivity contribution in [3.63, 3.8) is 0 Å². The van der Waals surface area contributed by atoms with Crippen LogP contribution in [0.15, 0.2) is 126 Å². The third-order valence-electron chi connectivity index (χ3n) is 12.9. The molecule has 6 aromatic carbocycles. The standard InChI is InChI=1S/C24H21.C21H17.C2H7Si.2ClH.Zr/c1-2-8-17(7-1)20-15-19-11-6-14-23(24(19)16-20)22-13-5-10-18-9-3-4-12-21(18)22;1-14-12-20-15(2)10-11-19(21(20)13-14)18-9-5-7-16-6-3-4-8-17(16)18;1-3-2;;;/h3-6,9-17H,1-2,7-8H2;3-13H,1-2H3;3H,1-2H3;2*1H;/q;;;;;+2/p-2. The second kappa shape index (κ2) is 12.6. The average Bonchev–Trinajstić information content (AvgIpc) is 3.90. The maximum absolute atomic E-state index is 8.88. The van der Waals surface area contributed by atoms with Gasteiger partial charge >= 0.3 is 314 Å². The molecule has 3 aliphatic rings. The molecular formula is C47H45Cl2SiZr. The first kappa shape index (κ1) is 33.8. The van der Waals surface area contributed by atoms with Crippen LogP contribution in [0.25, 0.3) is 56.0 Å². The second-order valence-corrected chi connectivity index (χ2v) is 58.4. The normalized spacial score (nSPS) is 19.6. The number of hydrogen-bond donors (Lipinski definition) is 0. The summed E-state index contributed by atoms with van der Waals surface area (Å²) in [5.74, 6) is -1.14. The molecule has 0 aliphatic heterocycles. The molecule has 3 aliphatic carbocycles. The molecular weight excluding hydrogens is 755 g/mol. The summed E-state index contributed by atoms with van der Waals surface area (Å²) in [7, 11) is 17.8. The zero-order chi connectivity index (χ0) is 35.1. The Hall–Kier alpha value is -3.00. The van der Waals surface area contributed by atoms with Crippen LogP contribution in [-0.2, 0) is 15.6 Å². The molecule has 1 fully saturated rings. The molecule has 1 saturated carbocycles. The number of fused-ring (bicyclic) bond motifs is 4. The number of hydrogen-bond acceptors (Lipinski definition) is 0. The van der Waals surface area contributed by atoms with Crippen LogP contribution in [0.5, 0.6) is 0 Å². The minimum atomic E-state index is -4.94. The van der Waals surface area contributed by atoms with Crippen molar-refractivity contribution in [1.29, 1.82) is 0 Å². The number of rotatable bonds is 6. The Morgan fingerprint density at radius 2 is 1.12 bits per heavy atom. The van der Waals surface area contributed by atoms with Crippen LogP contribution < -0.4 is 0 Å². The third-order valence-corrected chi connectivity index (χ3v) is 64.8. The van der Waals surface area contributed by atoms with Crippen LogP contribution in [0.2, 0.25) is 13.1 Å². The van der Waals surface area contributed by atoms with Crippen LogP contribution in [0.4, 0.5) is 0 Å². The van der Waals surface area contributed by atoms with Gasteiger partial charge in [-0.25, -0.2) is 0 Å². The first-order valence-electron chi connectivity index (χ1n) is 18.9. The fourth-order valence-electron chi connectivity index (χ4n) is 10.4. The van der Waals surface area contributed by atoms with E-state index in [9.17, 15) is 0 Å². The van der Waals surface area contributed by atoms with Crippen LogP contribution >= 0.6 is 17.0 Å². The minimum absolute atomic E-state index is 0.0772. The number of halogens is 2. The fourth-order valence-corrected chi connectivity index (χ4v) is 42.4. The van der Waals surface area contributed by atoms with E-state index in [0.29, 0.717) is 5.92 Å². The van der Waals surface area contributed by atoms with E-state index in [-0.39, 0.29) is 7.25 Å². The van der Waals surface area contributed by atoms with Crippen LogP contribution in [0.3, 0.4) is 0 Å². The molecule has 255 valence electrons. The predicted molar refractivity (Wildman–Crippen MR) is 223 cm³/mol. The van der Waals surface area contributed by atoms with E-state index < -0.39 is 21.5 Å². The number of allylic oxidation sites excluding steroid dienone is 2. The van der Waals surface area contributed by atoms with E-state index in [1.807, 2.05) is 0 Å². The van der Waals surface area contributed by atoms with E-state index in [2.05, 4.69) is 154 Å². The molecule has 0 heterocycles. The summed E-state index contributed by atoms with van der Waals surface area (Å²) in [5, 5.41) is 5.13. The van der Waals surface area contributed by atoms with Crippen LogP contribution in [0.1, 0.15) is 67.7 Å². The average molecular weight is 800 g/mol.